The highest BCUT2D eigenvalue weighted by molar-refractivity contribution is 7.19. The van der Waals surface area contributed by atoms with Crippen LogP contribution >= 0.6 is 11.3 Å². The number of rotatable bonds is 4. The summed E-state index contributed by atoms with van der Waals surface area (Å²) in [5.41, 5.74) is 6.38. The number of nitrogens with two attached hydrogens (primary N) is 1. The van der Waals surface area contributed by atoms with Gasteiger partial charge >= 0.3 is 0 Å². The number of anilines is 2. The number of ether oxygens (including phenoxy) is 1. The molecule has 0 bridgehead atoms. The summed E-state index contributed by atoms with van der Waals surface area (Å²) in [6.07, 6.45) is 0. The van der Waals surface area contributed by atoms with Crippen LogP contribution in [0.3, 0.4) is 0 Å². The van der Waals surface area contributed by atoms with Crippen molar-refractivity contribution in [3.05, 3.63) is 36.0 Å². The summed E-state index contributed by atoms with van der Waals surface area (Å²) in [5, 5.41) is 3.74. The third kappa shape index (κ3) is 3.21. The smallest absolute Gasteiger partial charge is 0.264 e. The summed E-state index contributed by atoms with van der Waals surface area (Å²) in [6.45, 7) is 1.74. The number of para-hydroxylation sites is 1. The molecule has 1 aromatic carbocycles. The van der Waals surface area contributed by atoms with Gasteiger partial charge in [0.15, 0.2) is 11.7 Å². The zero-order valence-corrected chi connectivity index (χ0v) is 10.7. The van der Waals surface area contributed by atoms with E-state index in [9.17, 15) is 4.79 Å². The van der Waals surface area contributed by atoms with Gasteiger partial charge in [-0.1, -0.05) is 29.5 Å². The minimum atomic E-state index is -0.257. The fourth-order valence-electron chi connectivity index (χ4n) is 1.28. The van der Waals surface area contributed by atoms with E-state index < -0.39 is 0 Å². The summed E-state index contributed by atoms with van der Waals surface area (Å²) in [4.78, 5) is 15.7. The summed E-state index contributed by atoms with van der Waals surface area (Å²) < 4.78 is 5.31. The van der Waals surface area contributed by atoms with Crippen LogP contribution in [-0.4, -0.2) is 17.5 Å². The van der Waals surface area contributed by atoms with Crippen molar-refractivity contribution in [2.24, 2.45) is 0 Å². The van der Waals surface area contributed by atoms with Crippen LogP contribution in [0.25, 0.3) is 0 Å². The molecule has 2 rings (SSSR count). The van der Waals surface area contributed by atoms with E-state index in [2.05, 4.69) is 10.3 Å². The summed E-state index contributed by atoms with van der Waals surface area (Å²) in [6, 6.07) is 9.15. The Bertz CT molecular complexity index is 520. The van der Waals surface area contributed by atoms with E-state index in [0.29, 0.717) is 15.9 Å². The molecular weight excluding hydrogens is 250 g/mol. The lowest BCUT2D eigenvalue weighted by Gasteiger charge is -2.04. The van der Waals surface area contributed by atoms with Crippen LogP contribution in [0.15, 0.2) is 30.3 Å². The Balaban J connectivity index is 1.86. The number of carbonyl (C=O) groups excluding carboxylic acids is 1. The molecule has 94 valence electrons. The lowest BCUT2D eigenvalue weighted by atomic mass is 10.3. The molecule has 2 aromatic rings. The van der Waals surface area contributed by atoms with Crippen molar-refractivity contribution in [3.63, 3.8) is 0 Å². The average molecular weight is 263 g/mol. The molecule has 6 heteroatoms. The van der Waals surface area contributed by atoms with Gasteiger partial charge in [-0.2, -0.15) is 0 Å². The van der Waals surface area contributed by atoms with Crippen molar-refractivity contribution >= 4 is 27.4 Å². The van der Waals surface area contributed by atoms with E-state index in [-0.39, 0.29) is 12.5 Å². The van der Waals surface area contributed by atoms with E-state index in [0.717, 1.165) is 5.69 Å². The van der Waals surface area contributed by atoms with Crippen LogP contribution in [0.1, 0.15) is 5.69 Å². The maximum atomic E-state index is 11.6. The normalized spacial score (nSPS) is 10.1. The van der Waals surface area contributed by atoms with Crippen LogP contribution in [0, 0.1) is 6.92 Å². The van der Waals surface area contributed by atoms with Gasteiger partial charge in [-0.3, -0.25) is 10.1 Å². The number of carbonyl (C=O) groups is 1. The minimum absolute atomic E-state index is 0.0530. The Hall–Kier alpha value is -2.08. The van der Waals surface area contributed by atoms with Gasteiger partial charge in [-0.25, -0.2) is 4.98 Å². The predicted octanol–water partition coefficient (Wildman–Crippen LogP) is 2.05. The lowest BCUT2D eigenvalue weighted by Crippen LogP contribution is -2.20. The largest absolute Gasteiger partial charge is 0.484 e. The van der Waals surface area contributed by atoms with E-state index in [1.54, 1.807) is 19.1 Å². The number of thiazole rings is 1. The molecule has 0 atom stereocenters. The lowest BCUT2D eigenvalue weighted by molar-refractivity contribution is -0.118. The van der Waals surface area contributed by atoms with Crippen LogP contribution in [0.2, 0.25) is 0 Å². The molecule has 1 aromatic heterocycles. The van der Waals surface area contributed by atoms with Crippen LogP contribution < -0.4 is 15.8 Å². The SMILES string of the molecule is Cc1nc(NC(=O)COc2ccccc2)sc1N. The average Bonchev–Trinajstić information content (AvgIpc) is 2.67. The molecule has 0 aliphatic carbocycles. The standard InChI is InChI=1S/C12H13N3O2S/c1-8-11(13)18-12(14-8)15-10(16)7-17-9-5-3-2-4-6-9/h2-6H,7,13H2,1H3,(H,14,15,16). The molecule has 0 radical (unpaired) electrons. The topological polar surface area (TPSA) is 77.2 Å². The van der Waals surface area contributed by atoms with Gasteiger partial charge in [0.25, 0.3) is 5.91 Å². The van der Waals surface area contributed by atoms with Gasteiger partial charge in [0.2, 0.25) is 0 Å². The fourth-order valence-corrected chi connectivity index (χ4v) is 2.03. The van der Waals surface area contributed by atoms with Crippen molar-refractivity contribution in [2.75, 3.05) is 17.7 Å². The van der Waals surface area contributed by atoms with Gasteiger partial charge in [0.1, 0.15) is 10.8 Å². The highest BCUT2D eigenvalue weighted by atomic mass is 32.1. The Morgan fingerprint density at radius 3 is 2.78 bits per heavy atom. The first kappa shape index (κ1) is 12.4. The van der Waals surface area contributed by atoms with Crippen molar-refractivity contribution in [1.29, 1.82) is 0 Å². The number of amides is 1. The van der Waals surface area contributed by atoms with E-state index >= 15 is 0 Å². The van der Waals surface area contributed by atoms with Crippen LogP contribution in [0.5, 0.6) is 5.75 Å². The molecule has 0 saturated heterocycles. The quantitative estimate of drug-likeness (QED) is 0.885. The molecule has 0 saturated carbocycles. The Kier molecular flexibility index (Phi) is 3.78. The van der Waals surface area contributed by atoms with Crippen molar-refractivity contribution in [2.45, 2.75) is 6.92 Å². The molecule has 3 N–H and O–H groups in total. The van der Waals surface area contributed by atoms with Gasteiger partial charge < -0.3 is 10.5 Å². The second-order valence-electron chi connectivity index (χ2n) is 3.62. The summed E-state index contributed by atoms with van der Waals surface area (Å²) in [5.74, 6) is 0.398. The Morgan fingerprint density at radius 2 is 2.17 bits per heavy atom. The van der Waals surface area contributed by atoms with Crippen molar-refractivity contribution in [1.82, 2.24) is 4.98 Å². The fraction of sp³-hybridized carbons (Fsp3) is 0.167. The third-order valence-corrected chi connectivity index (χ3v) is 3.09. The molecule has 1 heterocycles. The first-order valence-electron chi connectivity index (χ1n) is 5.36. The number of nitrogen functional groups attached to an aromatic ring is 1. The maximum Gasteiger partial charge on any atom is 0.264 e. The monoisotopic (exact) mass is 263 g/mol. The molecular formula is C12H13N3O2S. The number of nitrogens with one attached hydrogen (secondary N) is 1. The minimum Gasteiger partial charge on any atom is -0.484 e. The van der Waals surface area contributed by atoms with Crippen molar-refractivity contribution < 1.29 is 9.53 Å². The second-order valence-corrected chi connectivity index (χ2v) is 4.65. The van der Waals surface area contributed by atoms with Gasteiger partial charge in [0, 0.05) is 0 Å². The van der Waals surface area contributed by atoms with Crippen molar-refractivity contribution in [3.8, 4) is 5.75 Å². The molecule has 1 amide bonds. The first-order valence-corrected chi connectivity index (χ1v) is 6.17. The van der Waals surface area contributed by atoms with Crippen LogP contribution in [-0.2, 0) is 4.79 Å². The van der Waals surface area contributed by atoms with Gasteiger partial charge in [-0.15, -0.1) is 0 Å². The number of nitrogens with zero attached hydrogens (tertiary/aromatic N) is 1. The predicted molar refractivity (Wildman–Crippen MR) is 71.8 cm³/mol. The number of hydrogen-bond acceptors (Lipinski definition) is 5. The van der Waals surface area contributed by atoms with E-state index in [1.807, 2.05) is 18.2 Å². The molecule has 5 nitrogen and oxygen atoms in total. The van der Waals surface area contributed by atoms with Crippen LogP contribution in [0.4, 0.5) is 10.1 Å². The zero-order chi connectivity index (χ0) is 13.0. The molecule has 18 heavy (non-hydrogen) atoms. The first-order chi connectivity index (χ1) is 8.65. The molecule has 0 aliphatic heterocycles. The molecule has 0 fully saturated rings. The number of aryl methyl sites for hydroxylation is 1. The van der Waals surface area contributed by atoms with E-state index in [1.165, 1.54) is 11.3 Å². The molecule has 0 spiro atoms. The second kappa shape index (κ2) is 5.50. The number of hydrogen-bond donors (Lipinski definition) is 2. The molecule has 0 unspecified atom stereocenters. The summed E-state index contributed by atoms with van der Waals surface area (Å²) in [7, 11) is 0. The summed E-state index contributed by atoms with van der Waals surface area (Å²) >= 11 is 1.24. The third-order valence-electron chi connectivity index (χ3n) is 2.19. The zero-order valence-electron chi connectivity index (χ0n) is 9.84. The Morgan fingerprint density at radius 1 is 1.44 bits per heavy atom. The maximum absolute atomic E-state index is 11.6. The number of aromatic nitrogens is 1. The van der Waals surface area contributed by atoms with E-state index in [4.69, 9.17) is 10.5 Å². The van der Waals surface area contributed by atoms with Gasteiger partial charge in [0.05, 0.1) is 5.69 Å². The van der Waals surface area contributed by atoms with Gasteiger partial charge in [-0.05, 0) is 19.1 Å². The Labute approximate surface area is 109 Å². The number of benzene rings is 1. The molecule has 0 aliphatic rings. The highest BCUT2D eigenvalue weighted by Crippen LogP contribution is 2.24. The highest BCUT2D eigenvalue weighted by Gasteiger charge is 2.08.